The highest BCUT2D eigenvalue weighted by Gasteiger charge is 2.28. The largest absolute Gasteiger partial charge is 0.465 e. The molecule has 2 aromatic rings. The molecule has 198 valence electrons. The number of nitrogens with one attached hydrogen (secondary N) is 1. The van der Waals surface area contributed by atoms with E-state index in [0.717, 1.165) is 19.3 Å². The first-order chi connectivity index (χ1) is 17.1. The summed E-state index contributed by atoms with van der Waals surface area (Å²) < 4.78 is 10.2. The van der Waals surface area contributed by atoms with Crippen LogP contribution in [0.1, 0.15) is 95.2 Å². The number of rotatable bonds is 14. The minimum atomic E-state index is -0.930. The number of hydrogen-bond donors (Lipinski definition) is 1. The molecule has 0 saturated heterocycles. The van der Waals surface area contributed by atoms with Crippen molar-refractivity contribution in [1.82, 2.24) is 25.5 Å². The summed E-state index contributed by atoms with van der Waals surface area (Å²) in [7, 11) is 1.32. The third-order valence-corrected chi connectivity index (χ3v) is 5.39. The second-order valence-electron chi connectivity index (χ2n) is 9.76. The van der Waals surface area contributed by atoms with E-state index in [-0.39, 0.29) is 18.2 Å². The van der Waals surface area contributed by atoms with Gasteiger partial charge in [0, 0.05) is 12.8 Å². The third-order valence-electron chi connectivity index (χ3n) is 5.39. The van der Waals surface area contributed by atoms with Crippen molar-refractivity contribution in [2.45, 2.75) is 97.1 Å². The summed E-state index contributed by atoms with van der Waals surface area (Å²) in [5, 5.41) is 15.2. The van der Waals surface area contributed by atoms with Gasteiger partial charge in [-0.25, -0.2) is 9.59 Å². The Morgan fingerprint density at radius 3 is 2.25 bits per heavy atom. The Hall–Kier alpha value is -3.30. The van der Waals surface area contributed by atoms with Gasteiger partial charge in [0.1, 0.15) is 11.6 Å². The number of amides is 1. The van der Waals surface area contributed by atoms with Crippen LogP contribution < -0.4 is 5.32 Å². The number of methoxy groups -OCH3 is 1. The van der Waals surface area contributed by atoms with Crippen molar-refractivity contribution in [1.29, 1.82) is 0 Å². The summed E-state index contributed by atoms with van der Waals surface area (Å²) in [6, 6.07) is 5.58. The Bertz CT molecular complexity index is 981. The van der Waals surface area contributed by atoms with Gasteiger partial charge < -0.3 is 14.8 Å². The van der Waals surface area contributed by atoms with E-state index in [1.54, 1.807) is 45.0 Å². The lowest BCUT2D eigenvalue weighted by Gasteiger charge is -2.24. The van der Waals surface area contributed by atoms with Gasteiger partial charge >= 0.3 is 11.9 Å². The average Bonchev–Trinajstić information content (AvgIpc) is 3.30. The number of aromatic nitrogens is 4. The molecular formula is C26H39N5O5. The summed E-state index contributed by atoms with van der Waals surface area (Å²) in [5.74, 6) is -0.917. The van der Waals surface area contributed by atoms with Gasteiger partial charge in [0.2, 0.25) is 5.91 Å². The van der Waals surface area contributed by atoms with E-state index in [1.165, 1.54) is 37.6 Å². The third kappa shape index (κ3) is 10.1. The summed E-state index contributed by atoms with van der Waals surface area (Å²) in [4.78, 5) is 38.3. The minimum Gasteiger partial charge on any atom is -0.465 e. The van der Waals surface area contributed by atoms with Crippen molar-refractivity contribution >= 4 is 17.8 Å². The van der Waals surface area contributed by atoms with E-state index in [1.807, 2.05) is 0 Å². The van der Waals surface area contributed by atoms with Crippen LogP contribution in [0.25, 0.3) is 5.69 Å². The molecule has 0 spiro atoms. The zero-order valence-electron chi connectivity index (χ0n) is 22.1. The van der Waals surface area contributed by atoms with Gasteiger partial charge in [-0.3, -0.25) is 4.79 Å². The number of benzene rings is 1. The molecule has 1 N–H and O–H groups in total. The molecule has 0 bridgehead atoms. The number of nitrogens with zero attached hydrogens (tertiary/aromatic N) is 4. The zero-order valence-corrected chi connectivity index (χ0v) is 22.1. The molecule has 0 aliphatic rings. The molecule has 1 aromatic carbocycles. The van der Waals surface area contributed by atoms with Crippen LogP contribution in [0, 0.1) is 0 Å². The molecule has 0 saturated carbocycles. The summed E-state index contributed by atoms with van der Waals surface area (Å²) in [6.45, 7) is 7.50. The molecule has 10 heteroatoms. The van der Waals surface area contributed by atoms with E-state index in [4.69, 9.17) is 9.47 Å². The molecular weight excluding hydrogens is 462 g/mol. The number of unbranched alkanes of at least 4 members (excludes halogenated alkanes) is 6. The van der Waals surface area contributed by atoms with Gasteiger partial charge in [-0.15, -0.1) is 15.0 Å². The van der Waals surface area contributed by atoms with Crippen molar-refractivity contribution in [3.05, 3.63) is 35.7 Å². The van der Waals surface area contributed by atoms with Crippen molar-refractivity contribution < 1.29 is 23.9 Å². The van der Waals surface area contributed by atoms with E-state index >= 15 is 0 Å². The molecule has 10 nitrogen and oxygen atoms in total. The van der Waals surface area contributed by atoms with E-state index < -0.39 is 23.6 Å². The molecule has 0 fully saturated rings. The number of esters is 2. The van der Waals surface area contributed by atoms with Crippen LogP contribution in [-0.2, 0) is 25.5 Å². The van der Waals surface area contributed by atoms with E-state index in [9.17, 15) is 14.4 Å². The van der Waals surface area contributed by atoms with Crippen LogP contribution in [-0.4, -0.2) is 56.8 Å². The molecule has 1 amide bonds. The number of carbonyl (C=O) groups is 3. The predicted molar refractivity (Wildman–Crippen MR) is 135 cm³/mol. The Kier molecular flexibility index (Phi) is 11.5. The fourth-order valence-corrected chi connectivity index (χ4v) is 3.54. The first-order valence-electron chi connectivity index (χ1n) is 12.6. The molecule has 1 heterocycles. The summed E-state index contributed by atoms with van der Waals surface area (Å²) in [5.41, 5.74) is 0.277. The smallest absolute Gasteiger partial charge is 0.337 e. The fourth-order valence-electron chi connectivity index (χ4n) is 3.54. The number of tetrazole rings is 1. The second kappa shape index (κ2) is 14.3. The molecule has 36 heavy (non-hydrogen) atoms. The van der Waals surface area contributed by atoms with Gasteiger partial charge in [-0.1, -0.05) is 45.4 Å². The summed E-state index contributed by atoms with van der Waals surface area (Å²) >= 11 is 0. The first kappa shape index (κ1) is 28.9. The van der Waals surface area contributed by atoms with Crippen LogP contribution in [0.2, 0.25) is 0 Å². The van der Waals surface area contributed by atoms with Crippen molar-refractivity contribution in [2.24, 2.45) is 0 Å². The van der Waals surface area contributed by atoms with Gasteiger partial charge in [0.25, 0.3) is 0 Å². The second-order valence-corrected chi connectivity index (χ2v) is 9.76. The normalized spacial score (nSPS) is 12.1. The lowest BCUT2D eigenvalue weighted by molar-refractivity contribution is -0.158. The monoisotopic (exact) mass is 501 g/mol. The number of carbonyl (C=O) groups excluding carboxylic acids is 3. The topological polar surface area (TPSA) is 125 Å². The molecule has 0 unspecified atom stereocenters. The highest BCUT2D eigenvalue weighted by Crippen LogP contribution is 2.13. The molecule has 1 aromatic heterocycles. The Labute approximate surface area is 213 Å². The molecule has 0 aliphatic carbocycles. The Balaban J connectivity index is 2.00. The lowest BCUT2D eigenvalue weighted by Crippen LogP contribution is -2.45. The van der Waals surface area contributed by atoms with Crippen LogP contribution >= 0.6 is 0 Å². The van der Waals surface area contributed by atoms with Gasteiger partial charge in [-0.05, 0) is 56.7 Å². The standard InChI is InChI=1S/C26H39N5O5/c1-6-7-8-9-10-11-12-13-23(32)27-21(25(34)36-26(2,3)4)18-22-28-30-31(29-22)20-16-14-19(15-17-20)24(33)35-5/h14-17,21H,6-13,18H2,1-5H3,(H,27,32)/t21-/m0/s1. The summed E-state index contributed by atoms with van der Waals surface area (Å²) in [6.07, 6.45) is 8.12. The van der Waals surface area contributed by atoms with Gasteiger partial charge in [0.05, 0.1) is 18.4 Å². The van der Waals surface area contributed by atoms with Crippen LogP contribution in [0.3, 0.4) is 0 Å². The van der Waals surface area contributed by atoms with Crippen molar-refractivity contribution in [2.75, 3.05) is 7.11 Å². The molecule has 1 atom stereocenters. The van der Waals surface area contributed by atoms with Gasteiger partial charge in [-0.2, -0.15) is 0 Å². The maximum atomic E-state index is 12.8. The van der Waals surface area contributed by atoms with Crippen molar-refractivity contribution in [3.63, 3.8) is 0 Å². The highest BCUT2D eigenvalue weighted by atomic mass is 16.6. The quantitative estimate of drug-likeness (QED) is 0.305. The SMILES string of the molecule is CCCCCCCCCC(=O)N[C@@H](Cc1nnn(-c2ccc(C(=O)OC)cc2)n1)C(=O)OC(C)(C)C. The van der Waals surface area contributed by atoms with Crippen LogP contribution in [0.5, 0.6) is 0 Å². The minimum absolute atomic E-state index is 0.0396. The fraction of sp³-hybridized carbons (Fsp3) is 0.615. The average molecular weight is 502 g/mol. The lowest BCUT2D eigenvalue weighted by atomic mass is 10.1. The maximum absolute atomic E-state index is 12.8. The zero-order chi connectivity index (χ0) is 26.6. The molecule has 0 aliphatic heterocycles. The number of ether oxygens (including phenoxy) is 2. The Morgan fingerprint density at radius 2 is 1.64 bits per heavy atom. The Morgan fingerprint density at radius 1 is 1.00 bits per heavy atom. The molecule has 0 radical (unpaired) electrons. The van der Waals surface area contributed by atoms with E-state index in [2.05, 4.69) is 27.7 Å². The van der Waals surface area contributed by atoms with Crippen LogP contribution in [0.4, 0.5) is 0 Å². The first-order valence-corrected chi connectivity index (χ1v) is 12.6. The number of hydrogen-bond acceptors (Lipinski definition) is 8. The maximum Gasteiger partial charge on any atom is 0.337 e. The predicted octanol–water partition coefficient (Wildman–Crippen LogP) is 3.96. The highest BCUT2D eigenvalue weighted by molar-refractivity contribution is 5.89. The van der Waals surface area contributed by atoms with Crippen LogP contribution in [0.15, 0.2) is 24.3 Å². The van der Waals surface area contributed by atoms with Gasteiger partial charge in [0.15, 0.2) is 5.82 Å². The van der Waals surface area contributed by atoms with Crippen molar-refractivity contribution in [3.8, 4) is 5.69 Å². The van der Waals surface area contributed by atoms with E-state index in [0.29, 0.717) is 17.7 Å². The molecule has 2 rings (SSSR count).